The first-order chi connectivity index (χ1) is 11.3. The molecule has 2 aromatic heterocycles. The highest BCUT2D eigenvalue weighted by atomic mass is 16.6. The van der Waals surface area contributed by atoms with Gasteiger partial charge in [0.05, 0.1) is 10.9 Å². The predicted octanol–water partition coefficient (Wildman–Crippen LogP) is 3.46. The molecule has 0 aliphatic carbocycles. The van der Waals surface area contributed by atoms with Crippen molar-refractivity contribution in [3.05, 3.63) is 24.0 Å². The number of nitrogens with one attached hydrogen (secondary N) is 1. The molecule has 0 unspecified atom stereocenters. The maximum absolute atomic E-state index is 12.1. The van der Waals surface area contributed by atoms with Gasteiger partial charge in [-0.1, -0.05) is 0 Å². The van der Waals surface area contributed by atoms with E-state index in [4.69, 9.17) is 4.74 Å². The lowest BCUT2D eigenvalue weighted by Gasteiger charge is -2.33. The van der Waals surface area contributed by atoms with Crippen LogP contribution in [0.4, 0.5) is 4.79 Å². The van der Waals surface area contributed by atoms with Crippen LogP contribution in [0, 0.1) is 5.92 Å². The number of carbonyl (C=O) groups excluding carboxylic acids is 1. The molecule has 3 heterocycles. The van der Waals surface area contributed by atoms with Crippen molar-refractivity contribution in [2.45, 2.75) is 45.6 Å². The number of piperidine rings is 1. The van der Waals surface area contributed by atoms with Crippen LogP contribution < -0.4 is 0 Å². The van der Waals surface area contributed by atoms with E-state index in [0.717, 1.165) is 48.9 Å². The maximum Gasteiger partial charge on any atom is 0.410 e. The molecule has 6 heteroatoms. The summed E-state index contributed by atoms with van der Waals surface area (Å²) in [6.07, 6.45) is 4.31. The molecule has 2 aromatic rings. The van der Waals surface area contributed by atoms with Crippen LogP contribution in [-0.2, 0) is 11.2 Å². The minimum atomic E-state index is -0.449. The molecule has 0 saturated carbocycles. The van der Waals surface area contributed by atoms with E-state index < -0.39 is 5.60 Å². The first-order valence-corrected chi connectivity index (χ1v) is 8.46. The number of aromatic nitrogens is 2. The van der Waals surface area contributed by atoms with Crippen LogP contribution in [0.2, 0.25) is 0 Å². The molecule has 0 spiro atoms. The largest absolute Gasteiger partial charge is 0.494 e. The Morgan fingerprint density at radius 3 is 2.75 bits per heavy atom. The van der Waals surface area contributed by atoms with Gasteiger partial charge in [0.15, 0.2) is 5.88 Å². The lowest BCUT2D eigenvalue weighted by molar-refractivity contribution is 0.0184. The van der Waals surface area contributed by atoms with Crippen LogP contribution >= 0.6 is 0 Å². The molecule has 1 saturated heterocycles. The van der Waals surface area contributed by atoms with E-state index in [1.54, 1.807) is 11.1 Å². The zero-order chi connectivity index (χ0) is 17.3. The molecule has 0 radical (unpaired) electrons. The second kappa shape index (κ2) is 6.34. The van der Waals surface area contributed by atoms with Crippen molar-refractivity contribution >= 4 is 17.0 Å². The summed E-state index contributed by atoms with van der Waals surface area (Å²) in [4.78, 5) is 21.3. The summed E-state index contributed by atoms with van der Waals surface area (Å²) in [5, 5.41) is 10.4. The summed E-state index contributed by atoms with van der Waals surface area (Å²) in [6.45, 7) is 7.12. The topological polar surface area (TPSA) is 78.5 Å². The highest BCUT2D eigenvalue weighted by molar-refractivity contribution is 5.83. The summed E-state index contributed by atoms with van der Waals surface area (Å²) < 4.78 is 5.43. The highest BCUT2D eigenvalue weighted by Crippen LogP contribution is 2.26. The van der Waals surface area contributed by atoms with E-state index in [0.29, 0.717) is 5.92 Å². The highest BCUT2D eigenvalue weighted by Gasteiger charge is 2.27. The van der Waals surface area contributed by atoms with Crippen molar-refractivity contribution in [2.24, 2.45) is 5.92 Å². The Morgan fingerprint density at radius 2 is 2.08 bits per heavy atom. The number of fused-ring (bicyclic) bond motifs is 1. The van der Waals surface area contributed by atoms with Crippen LogP contribution in [0.15, 0.2) is 18.3 Å². The Hall–Kier alpha value is -2.24. The second-order valence-corrected chi connectivity index (χ2v) is 7.49. The fourth-order valence-electron chi connectivity index (χ4n) is 3.10. The minimum Gasteiger partial charge on any atom is -0.494 e. The quantitative estimate of drug-likeness (QED) is 0.883. The van der Waals surface area contributed by atoms with Crippen LogP contribution in [0.3, 0.4) is 0 Å². The molecular formula is C18H25N3O3. The molecule has 6 nitrogen and oxygen atoms in total. The first-order valence-electron chi connectivity index (χ1n) is 8.46. The molecule has 1 aliphatic heterocycles. The SMILES string of the molecule is CC(C)(C)OC(=O)N1CCC(Cc2ccc3c(O)[nH]cc3n2)CC1. The molecule has 0 aromatic carbocycles. The molecule has 1 fully saturated rings. The number of carbonyl (C=O) groups is 1. The van der Waals surface area contributed by atoms with E-state index >= 15 is 0 Å². The first kappa shape index (κ1) is 16.6. The minimum absolute atomic E-state index is 0.162. The van der Waals surface area contributed by atoms with Crippen LogP contribution in [0.5, 0.6) is 5.88 Å². The molecule has 130 valence electrons. The van der Waals surface area contributed by atoms with E-state index in [9.17, 15) is 9.90 Å². The second-order valence-electron chi connectivity index (χ2n) is 7.49. The number of likely N-dealkylation sites (tertiary alicyclic amines) is 1. The molecule has 1 amide bonds. The monoisotopic (exact) mass is 331 g/mol. The van der Waals surface area contributed by atoms with Gasteiger partial charge in [-0.05, 0) is 58.1 Å². The van der Waals surface area contributed by atoms with Crippen molar-refractivity contribution in [2.75, 3.05) is 13.1 Å². The van der Waals surface area contributed by atoms with Gasteiger partial charge in [0.2, 0.25) is 0 Å². The van der Waals surface area contributed by atoms with E-state index in [1.807, 2.05) is 32.9 Å². The maximum atomic E-state index is 12.1. The third kappa shape index (κ3) is 3.80. The van der Waals surface area contributed by atoms with Crippen molar-refractivity contribution in [1.82, 2.24) is 14.9 Å². The number of hydrogen-bond donors (Lipinski definition) is 2. The molecule has 0 atom stereocenters. The summed E-state index contributed by atoms with van der Waals surface area (Å²) >= 11 is 0. The zero-order valence-electron chi connectivity index (χ0n) is 14.5. The Balaban J connectivity index is 1.55. The number of amides is 1. The summed E-state index contributed by atoms with van der Waals surface area (Å²) in [5.41, 5.74) is 1.36. The standard InChI is InChI=1S/C18H25N3O3/c1-18(2,3)24-17(23)21-8-6-12(7-9-21)10-13-4-5-14-15(20-13)11-19-16(14)22/h4-5,11-12,19,22H,6-10H2,1-3H3. The van der Waals surface area contributed by atoms with E-state index in [-0.39, 0.29) is 12.0 Å². The van der Waals surface area contributed by atoms with Gasteiger partial charge >= 0.3 is 6.09 Å². The fourth-order valence-corrected chi connectivity index (χ4v) is 3.10. The van der Waals surface area contributed by atoms with Crippen LogP contribution in [0.25, 0.3) is 10.9 Å². The number of hydrogen-bond acceptors (Lipinski definition) is 4. The summed E-state index contributed by atoms with van der Waals surface area (Å²) in [5.74, 6) is 0.677. The third-order valence-corrected chi connectivity index (χ3v) is 4.35. The van der Waals surface area contributed by atoms with Gasteiger partial charge in [-0.2, -0.15) is 0 Å². The Kier molecular flexibility index (Phi) is 4.39. The Morgan fingerprint density at radius 1 is 1.38 bits per heavy atom. The van der Waals surface area contributed by atoms with Gasteiger partial charge < -0.3 is 19.7 Å². The summed E-state index contributed by atoms with van der Waals surface area (Å²) in [7, 11) is 0. The van der Waals surface area contributed by atoms with Crippen molar-refractivity contribution in [1.29, 1.82) is 0 Å². The smallest absolute Gasteiger partial charge is 0.410 e. The molecular weight excluding hydrogens is 306 g/mol. The molecule has 24 heavy (non-hydrogen) atoms. The zero-order valence-corrected chi connectivity index (χ0v) is 14.5. The lowest BCUT2D eigenvalue weighted by Crippen LogP contribution is -2.42. The third-order valence-electron chi connectivity index (χ3n) is 4.35. The van der Waals surface area contributed by atoms with Crippen LogP contribution in [0.1, 0.15) is 39.3 Å². The molecule has 2 N–H and O–H groups in total. The van der Waals surface area contributed by atoms with E-state index in [1.165, 1.54) is 0 Å². The van der Waals surface area contributed by atoms with E-state index in [2.05, 4.69) is 9.97 Å². The number of aromatic hydroxyl groups is 1. The van der Waals surface area contributed by atoms with Gasteiger partial charge in [-0.15, -0.1) is 0 Å². The van der Waals surface area contributed by atoms with Gasteiger partial charge in [-0.3, -0.25) is 4.98 Å². The molecule has 3 rings (SSSR count). The Bertz CT molecular complexity index is 725. The van der Waals surface area contributed by atoms with Crippen molar-refractivity contribution < 1.29 is 14.6 Å². The van der Waals surface area contributed by atoms with Gasteiger partial charge in [0.1, 0.15) is 5.60 Å². The molecule has 0 bridgehead atoms. The average molecular weight is 331 g/mol. The number of pyridine rings is 1. The number of nitrogens with zero attached hydrogens (tertiary/aromatic N) is 2. The van der Waals surface area contributed by atoms with Gasteiger partial charge in [0, 0.05) is 25.0 Å². The number of H-pyrrole nitrogens is 1. The Labute approximate surface area is 141 Å². The van der Waals surface area contributed by atoms with Gasteiger partial charge in [-0.25, -0.2) is 4.79 Å². The lowest BCUT2D eigenvalue weighted by atomic mass is 9.92. The van der Waals surface area contributed by atoms with Gasteiger partial charge in [0.25, 0.3) is 0 Å². The number of aromatic amines is 1. The number of ether oxygens (including phenoxy) is 1. The molecule has 1 aliphatic rings. The summed E-state index contributed by atoms with van der Waals surface area (Å²) in [6, 6.07) is 3.87. The van der Waals surface area contributed by atoms with Crippen molar-refractivity contribution in [3.63, 3.8) is 0 Å². The average Bonchev–Trinajstić information content (AvgIpc) is 2.87. The predicted molar refractivity (Wildman–Crippen MR) is 92.0 cm³/mol. The van der Waals surface area contributed by atoms with Crippen LogP contribution in [-0.4, -0.2) is 44.8 Å². The van der Waals surface area contributed by atoms with Crippen molar-refractivity contribution in [3.8, 4) is 5.88 Å². The fraction of sp³-hybridized carbons (Fsp3) is 0.556. The number of rotatable bonds is 2. The normalized spacial score (nSPS) is 16.5.